The van der Waals surface area contributed by atoms with E-state index in [1.165, 1.54) is 11.6 Å². The molecule has 1 heterocycles. The number of fused-ring (bicyclic) bond motifs is 1. The van der Waals surface area contributed by atoms with E-state index in [9.17, 15) is 9.18 Å². The molecule has 0 saturated heterocycles. The maximum atomic E-state index is 13.9. The van der Waals surface area contributed by atoms with E-state index >= 15 is 0 Å². The molecule has 1 atom stereocenters. The van der Waals surface area contributed by atoms with E-state index in [-0.39, 0.29) is 17.0 Å². The van der Waals surface area contributed by atoms with Crippen molar-refractivity contribution in [1.29, 1.82) is 0 Å². The van der Waals surface area contributed by atoms with Gasteiger partial charge in [-0.3, -0.25) is 4.79 Å². The third-order valence-electron chi connectivity index (χ3n) is 5.34. The van der Waals surface area contributed by atoms with Crippen LogP contribution in [0.3, 0.4) is 0 Å². The van der Waals surface area contributed by atoms with Crippen LogP contribution in [0.4, 0.5) is 4.39 Å². The fraction of sp³-hybridized carbons (Fsp3) is 0.400. The van der Waals surface area contributed by atoms with E-state index in [1.54, 1.807) is 23.5 Å². The van der Waals surface area contributed by atoms with Crippen molar-refractivity contribution in [2.45, 2.75) is 45.4 Å². The lowest BCUT2D eigenvalue weighted by Crippen LogP contribution is -2.40. The van der Waals surface area contributed by atoms with Crippen LogP contribution in [0, 0.1) is 11.2 Å². The van der Waals surface area contributed by atoms with Crippen molar-refractivity contribution in [3.05, 3.63) is 62.9 Å². The number of hydrogen-bond acceptors (Lipinski definition) is 3. The third kappa shape index (κ3) is 2.20. The molecule has 0 aliphatic heterocycles. The highest BCUT2D eigenvalue weighted by Crippen LogP contribution is 2.53. The standard InChI is InChI=1S/C20H20FNOS/c1-19(2)9-12-7-15-18(24-11-22-15)20(3,17(12)16(23)10-19)13-5-4-6-14(21)8-13/h4-6,8,11H,7,9-10H2,1-3H3. The summed E-state index contributed by atoms with van der Waals surface area (Å²) in [6.45, 7) is 6.35. The number of carbonyl (C=O) groups is 1. The summed E-state index contributed by atoms with van der Waals surface area (Å²) in [4.78, 5) is 18.7. The van der Waals surface area contributed by atoms with Gasteiger partial charge in [-0.15, -0.1) is 11.3 Å². The minimum Gasteiger partial charge on any atom is -0.294 e. The van der Waals surface area contributed by atoms with Crippen molar-refractivity contribution < 1.29 is 9.18 Å². The first-order valence-corrected chi connectivity index (χ1v) is 9.14. The maximum absolute atomic E-state index is 13.9. The lowest BCUT2D eigenvalue weighted by Gasteiger charge is -2.43. The van der Waals surface area contributed by atoms with Gasteiger partial charge in [0.25, 0.3) is 0 Å². The summed E-state index contributed by atoms with van der Waals surface area (Å²) in [6.07, 6.45) is 2.19. The number of benzene rings is 1. The number of carbonyl (C=O) groups excluding carboxylic acids is 1. The Kier molecular flexibility index (Phi) is 3.33. The fourth-order valence-electron chi connectivity index (χ4n) is 4.42. The van der Waals surface area contributed by atoms with Crippen LogP contribution in [0.2, 0.25) is 0 Å². The second-order valence-corrected chi connectivity index (χ2v) is 8.71. The third-order valence-corrected chi connectivity index (χ3v) is 6.43. The van der Waals surface area contributed by atoms with Crippen molar-refractivity contribution >= 4 is 17.1 Å². The van der Waals surface area contributed by atoms with Crippen molar-refractivity contribution in [3.8, 4) is 0 Å². The molecule has 1 aromatic heterocycles. The van der Waals surface area contributed by atoms with Crippen LogP contribution in [-0.2, 0) is 16.6 Å². The molecule has 2 aliphatic carbocycles. The van der Waals surface area contributed by atoms with Crippen LogP contribution in [0.1, 0.15) is 49.7 Å². The Bertz CT molecular complexity index is 879. The van der Waals surface area contributed by atoms with Gasteiger partial charge in [0.15, 0.2) is 5.78 Å². The minimum atomic E-state index is -0.597. The Morgan fingerprint density at radius 3 is 2.75 bits per heavy atom. The van der Waals surface area contributed by atoms with E-state index in [1.807, 2.05) is 11.6 Å². The van der Waals surface area contributed by atoms with Crippen LogP contribution in [0.25, 0.3) is 0 Å². The topological polar surface area (TPSA) is 30.0 Å². The van der Waals surface area contributed by atoms with Crippen molar-refractivity contribution in [1.82, 2.24) is 4.98 Å². The molecule has 124 valence electrons. The average Bonchev–Trinajstić information content (AvgIpc) is 2.94. The molecule has 0 amide bonds. The number of allylic oxidation sites excluding steroid dienone is 2. The number of aromatic nitrogens is 1. The number of nitrogens with zero attached hydrogens (tertiary/aromatic N) is 1. The zero-order valence-electron chi connectivity index (χ0n) is 14.1. The Morgan fingerprint density at radius 2 is 2.00 bits per heavy atom. The summed E-state index contributed by atoms with van der Waals surface area (Å²) in [5, 5.41) is 0. The average molecular weight is 341 g/mol. The van der Waals surface area contributed by atoms with Crippen LogP contribution < -0.4 is 0 Å². The summed E-state index contributed by atoms with van der Waals surface area (Å²) in [5.41, 5.74) is 5.16. The summed E-state index contributed by atoms with van der Waals surface area (Å²) >= 11 is 1.57. The summed E-state index contributed by atoms with van der Waals surface area (Å²) in [7, 11) is 0. The lowest BCUT2D eigenvalue weighted by atomic mass is 9.60. The van der Waals surface area contributed by atoms with Gasteiger partial charge in [0, 0.05) is 23.3 Å². The minimum absolute atomic E-state index is 0.0215. The first-order valence-electron chi connectivity index (χ1n) is 8.26. The number of Topliss-reactive ketones (excluding diaryl/α,β-unsaturated/α-hetero) is 1. The van der Waals surface area contributed by atoms with Gasteiger partial charge in [-0.05, 0) is 36.5 Å². The highest BCUT2D eigenvalue weighted by molar-refractivity contribution is 7.10. The first kappa shape index (κ1) is 15.7. The van der Waals surface area contributed by atoms with E-state index < -0.39 is 5.41 Å². The first-order chi connectivity index (χ1) is 11.3. The van der Waals surface area contributed by atoms with Crippen LogP contribution in [-0.4, -0.2) is 10.8 Å². The normalized spacial score (nSPS) is 25.4. The molecule has 2 aliphatic rings. The van der Waals surface area contributed by atoms with E-state index in [0.717, 1.165) is 34.5 Å². The number of hydrogen-bond donors (Lipinski definition) is 0. The fourth-order valence-corrected chi connectivity index (χ4v) is 5.43. The van der Waals surface area contributed by atoms with E-state index in [4.69, 9.17) is 0 Å². The molecule has 0 saturated carbocycles. The number of ketones is 1. The molecule has 24 heavy (non-hydrogen) atoms. The molecule has 4 rings (SSSR count). The molecular formula is C20H20FNOS. The van der Waals surface area contributed by atoms with Gasteiger partial charge < -0.3 is 0 Å². The van der Waals surface area contributed by atoms with Gasteiger partial charge in [0.1, 0.15) is 5.82 Å². The zero-order chi connectivity index (χ0) is 17.1. The molecule has 0 radical (unpaired) electrons. The predicted molar refractivity (Wildman–Crippen MR) is 93.7 cm³/mol. The lowest BCUT2D eigenvalue weighted by molar-refractivity contribution is -0.118. The number of thiazole rings is 1. The smallest absolute Gasteiger partial charge is 0.160 e. The number of rotatable bonds is 1. The molecular weight excluding hydrogens is 321 g/mol. The van der Waals surface area contributed by atoms with Gasteiger partial charge in [0.05, 0.1) is 16.6 Å². The highest BCUT2D eigenvalue weighted by atomic mass is 32.1. The van der Waals surface area contributed by atoms with Gasteiger partial charge in [-0.1, -0.05) is 31.6 Å². The molecule has 1 aromatic carbocycles. The summed E-state index contributed by atoms with van der Waals surface area (Å²) in [5.74, 6) is -0.0665. The Hall–Kier alpha value is -1.81. The van der Waals surface area contributed by atoms with Crippen molar-refractivity contribution in [2.75, 3.05) is 0 Å². The summed E-state index contributed by atoms with van der Waals surface area (Å²) in [6, 6.07) is 6.66. The SMILES string of the molecule is CC1(C)CC(=O)C2=C(Cc3ncsc3C2(C)c2cccc(F)c2)C1. The summed E-state index contributed by atoms with van der Waals surface area (Å²) < 4.78 is 13.9. The van der Waals surface area contributed by atoms with Gasteiger partial charge in [-0.25, -0.2) is 9.37 Å². The van der Waals surface area contributed by atoms with Crippen molar-refractivity contribution in [2.24, 2.45) is 5.41 Å². The molecule has 0 fully saturated rings. The molecule has 2 nitrogen and oxygen atoms in total. The van der Waals surface area contributed by atoms with E-state index in [2.05, 4.69) is 25.8 Å². The molecule has 2 aromatic rings. The number of halogens is 1. The van der Waals surface area contributed by atoms with Crippen molar-refractivity contribution in [3.63, 3.8) is 0 Å². The highest BCUT2D eigenvalue weighted by Gasteiger charge is 2.48. The van der Waals surface area contributed by atoms with Gasteiger partial charge >= 0.3 is 0 Å². The molecule has 1 unspecified atom stereocenters. The Morgan fingerprint density at radius 1 is 1.21 bits per heavy atom. The molecule has 0 N–H and O–H groups in total. The van der Waals surface area contributed by atoms with Gasteiger partial charge in [0.2, 0.25) is 0 Å². The van der Waals surface area contributed by atoms with Crippen LogP contribution in [0.15, 0.2) is 40.9 Å². The van der Waals surface area contributed by atoms with Gasteiger partial charge in [-0.2, -0.15) is 0 Å². The Balaban J connectivity index is 2.00. The van der Waals surface area contributed by atoms with Crippen LogP contribution >= 0.6 is 11.3 Å². The monoisotopic (exact) mass is 341 g/mol. The molecule has 4 heteroatoms. The second kappa shape index (κ2) is 5.09. The second-order valence-electron chi connectivity index (χ2n) is 7.86. The quantitative estimate of drug-likeness (QED) is 0.743. The zero-order valence-corrected chi connectivity index (χ0v) is 15.0. The predicted octanol–water partition coefficient (Wildman–Crippen LogP) is 4.83. The molecule has 0 bridgehead atoms. The molecule has 0 spiro atoms. The largest absolute Gasteiger partial charge is 0.294 e. The van der Waals surface area contributed by atoms with E-state index in [0.29, 0.717) is 6.42 Å². The van der Waals surface area contributed by atoms with Crippen LogP contribution in [0.5, 0.6) is 0 Å². The Labute approximate surface area is 145 Å². The maximum Gasteiger partial charge on any atom is 0.160 e.